The molecule has 9 heteroatoms. The molecule has 25 heavy (non-hydrogen) atoms. The van der Waals surface area contributed by atoms with Crippen LogP contribution in [0.1, 0.15) is 5.56 Å². The molecule has 0 spiro atoms. The third-order valence-corrected chi connectivity index (χ3v) is 5.20. The van der Waals surface area contributed by atoms with Crippen molar-refractivity contribution in [1.82, 2.24) is 0 Å². The van der Waals surface area contributed by atoms with Crippen LogP contribution in [0, 0.1) is 10.1 Å². The number of amides is 1. The lowest BCUT2D eigenvalue weighted by atomic mass is 10.1. The van der Waals surface area contributed by atoms with Gasteiger partial charge in [-0.1, -0.05) is 59.3 Å². The van der Waals surface area contributed by atoms with E-state index in [4.69, 9.17) is 35.4 Å². The van der Waals surface area contributed by atoms with Crippen LogP contribution in [0.25, 0.3) is 6.08 Å². The van der Waals surface area contributed by atoms with Crippen LogP contribution >= 0.6 is 47.2 Å². The van der Waals surface area contributed by atoms with Crippen molar-refractivity contribution in [3.8, 4) is 0 Å². The van der Waals surface area contributed by atoms with Gasteiger partial charge in [-0.25, -0.2) is 0 Å². The maximum atomic E-state index is 12.7. The molecular weight excluding hydrogens is 403 g/mol. The van der Waals surface area contributed by atoms with Crippen molar-refractivity contribution in [2.45, 2.75) is 0 Å². The number of nitro groups is 1. The van der Waals surface area contributed by atoms with E-state index in [0.29, 0.717) is 20.6 Å². The molecule has 0 aliphatic carbocycles. The predicted molar refractivity (Wildman–Crippen MR) is 105 cm³/mol. The third kappa shape index (κ3) is 3.55. The second-order valence-corrected chi connectivity index (χ2v) is 7.45. The van der Waals surface area contributed by atoms with Crippen LogP contribution in [0.5, 0.6) is 0 Å². The van der Waals surface area contributed by atoms with Gasteiger partial charge in [-0.3, -0.25) is 19.8 Å². The number of nitrogens with zero attached hydrogens (tertiary/aromatic N) is 2. The lowest BCUT2D eigenvalue weighted by molar-refractivity contribution is -0.385. The molecule has 3 rings (SSSR count). The number of thioether (sulfide) groups is 1. The topological polar surface area (TPSA) is 63.4 Å². The predicted octanol–water partition coefficient (Wildman–Crippen LogP) is 5.31. The number of rotatable bonds is 3. The number of benzene rings is 2. The zero-order valence-corrected chi connectivity index (χ0v) is 15.5. The SMILES string of the molecule is O=C1/C(=C\c2ccccc2[N+](=O)[O-])SC(=S)N1c1ccc(Cl)cc1Cl. The van der Waals surface area contributed by atoms with Gasteiger partial charge in [0.2, 0.25) is 0 Å². The average Bonchev–Trinajstić information content (AvgIpc) is 2.82. The summed E-state index contributed by atoms with van der Waals surface area (Å²) in [6, 6.07) is 10.9. The molecule has 0 bridgehead atoms. The molecule has 1 amide bonds. The number of hydrogen-bond acceptors (Lipinski definition) is 5. The molecular formula is C16H8Cl2N2O3S2. The van der Waals surface area contributed by atoms with E-state index in [1.54, 1.807) is 30.3 Å². The van der Waals surface area contributed by atoms with Crippen molar-refractivity contribution in [2.24, 2.45) is 0 Å². The molecule has 2 aromatic carbocycles. The van der Waals surface area contributed by atoms with Crippen molar-refractivity contribution in [3.05, 3.63) is 73.1 Å². The fourth-order valence-corrected chi connectivity index (χ4v) is 4.02. The van der Waals surface area contributed by atoms with E-state index >= 15 is 0 Å². The summed E-state index contributed by atoms with van der Waals surface area (Å²) < 4.78 is 0.291. The molecule has 1 aliphatic rings. The summed E-state index contributed by atoms with van der Waals surface area (Å²) in [5, 5.41) is 11.8. The molecule has 1 aliphatic heterocycles. The van der Waals surface area contributed by atoms with Gasteiger partial charge in [0.1, 0.15) is 0 Å². The number of carbonyl (C=O) groups is 1. The minimum Gasteiger partial charge on any atom is -0.268 e. The van der Waals surface area contributed by atoms with E-state index in [1.807, 2.05) is 0 Å². The van der Waals surface area contributed by atoms with Gasteiger partial charge in [0, 0.05) is 11.1 Å². The lowest BCUT2D eigenvalue weighted by Crippen LogP contribution is -2.27. The van der Waals surface area contributed by atoms with Crippen LogP contribution in [-0.2, 0) is 4.79 Å². The number of para-hydroxylation sites is 1. The summed E-state index contributed by atoms with van der Waals surface area (Å²) in [6.45, 7) is 0. The molecule has 126 valence electrons. The van der Waals surface area contributed by atoms with E-state index in [9.17, 15) is 14.9 Å². The number of carbonyl (C=O) groups excluding carboxylic acids is 1. The van der Waals surface area contributed by atoms with Gasteiger partial charge >= 0.3 is 0 Å². The molecule has 2 aromatic rings. The van der Waals surface area contributed by atoms with Gasteiger partial charge in [-0.2, -0.15) is 0 Å². The monoisotopic (exact) mass is 410 g/mol. The van der Waals surface area contributed by atoms with Crippen molar-refractivity contribution < 1.29 is 9.72 Å². The Morgan fingerprint density at radius 2 is 1.92 bits per heavy atom. The quantitative estimate of drug-likeness (QED) is 0.297. The minimum atomic E-state index is -0.497. The van der Waals surface area contributed by atoms with Crippen molar-refractivity contribution in [2.75, 3.05) is 4.90 Å². The summed E-state index contributed by atoms with van der Waals surface area (Å²) in [6.07, 6.45) is 1.46. The summed E-state index contributed by atoms with van der Waals surface area (Å²) in [5.74, 6) is -0.391. The molecule has 0 unspecified atom stereocenters. The molecule has 0 radical (unpaired) electrons. The molecule has 0 saturated carbocycles. The molecule has 1 heterocycles. The fraction of sp³-hybridized carbons (Fsp3) is 0. The van der Waals surface area contributed by atoms with Gasteiger partial charge in [-0.15, -0.1) is 0 Å². The van der Waals surface area contributed by atoms with Crippen LogP contribution in [0.15, 0.2) is 47.4 Å². The van der Waals surface area contributed by atoms with E-state index < -0.39 is 10.8 Å². The number of hydrogen-bond donors (Lipinski definition) is 0. The van der Waals surface area contributed by atoms with Crippen LogP contribution in [-0.4, -0.2) is 15.2 Å². The zero-order valence-electron chi connectivity index (χ0n) is 12.3. The second kappa shape index (κ2) is 7.13. The Labute approximate surface area is 162 Å². The lowest BCUT2D eigenvalue weighted by Gasteiger charge is -2.16. The number of halogens is 2. The van der Waals surface area contributed by atoms with Crippen LogP contribution in [0.4, 0.5) is 11.4 Å². The highest BCUT2D eigenvalue weighted by Crippen LogP contribution is 2.40. The molecule has 1 fully saturated rings. The smallest absolute Gasteiger partial charge is 0.268 e. The first-order chi connectivity index (χ1) is 11.9. The second-order valence-electron chi connectivity index (χ2n) is 4.93. The van der Waals surface area contributed by atoms with Crippen molar-refractivity contribution in [3.63, 3.8) is 0 Å². The summed E-state index contributed by atoms with van der Waals surface area (Å²) >= 11 is 18.4. The average molecular weight is 411 g/mol. The van der Waals surface area contributed by atoms with E-state index in [-0.39, 0.29) is 15.6 Å². The van der Waals surface area contributed by atoms with E-state index in [2.05, 4.69) is 0 Å². The Morgan fingerprint density at radius 3 is 2.60 bits per heavy atom. The van der Waals surface area contributed by atoms with Crippen LogP contribution < -0.4 is 4.90 Å². The maximum Gasteiger partial charge on any atom is 0.276 e. The minimum absolute atomic E-state index is 0.0858. The Balaban J connectivity index is 2.01. The maximum absolute atomic E-state index is 12.7. The Hall–Kier alpha value is -1.93. The van der Waals surface area contributed by atoms with Crippen LogP contribution in [0.3, 0.4) is 0 Å². The standard InChI is InChI=1S/C16H8Cl2N2O3S2/c17-10-5-6-13(11(18)8-10)19-15(21)14(25-16(19)24)7-9-3-1-2-4-12(9)20(22)23/h1-8H/b14-7+. The largest absolute Gasteiger partial charge is 0.276 e. The van der Waals surface area contributed by atoms with E-state index in [1.165, 1.54) is 23.1 Å². The number of anilines is 1. The van der Waals surface area contributed by atoms with Crippen molar-refractivity contribution >= 4 is 74.9 Å². The Bertz CT molecular complexity index is 947. The zero-order chi connectivity index (χ0) is 18.1. The van der Waals surface area contributed by atoms with Gasteiger partial charge in [-0.05, 0) is 30.3 Å². The van der Waals surface area contributed by atoms with Gasteiger partial charge in [0.05, 0.1) is 26.1 Å². The summed E-state index contributed by atoms with van der Waals surface area (Å²) in [4.78, 5) is 24.9. The van der Waals surface area contributed by atoms with Crippen LogP contribution in [0.2, 0.25) is 10.0 Å². The van der Waals surface area contributed by atoms with Gasteiger partial charge in [0.25, 0.3) is 11.6 Å². The van der Waals surface area contributed by atoms with Gasteiger partial charge < -0.3 is 0 Å². The first kappa shape index (κ1) is 17.9. The summed E-state index contributed by atoms with van der Waals surface area (Å²) in [5.41, 5.74) is 0.659. The van der Waals surface area contributed by atoms with E-state index in [0.717, 1.165) is 11.8 Å². The molecule has 0 N–H and O–H groups in total. The fourth-order valence-electron chi connectivity index (χ4n) is 2.26. The highest BCUT2D eigenvalue weighted by atomic mass is 35.5. The highest BCUT2D eigenvalue weighted by Gasteiger charge is 2.34. The van der Waals surface area contributed by atoms with Gasteiger partial charge in [0.15, 0.2) is 4.32 Å². The number of thiocarbonyl (C=S) groups is 1. The Morgan fingerprint density at radius 1 is 1.20 bits per heavy atom. The van der Waals surface area contributed by atoms with Crippen molar-refractivity contribution in [1.29, 1.82) is 0 Å². The molecule has 0 aromatic heterocycles. The summed E-state index contributed by atoms with van der Waals surface area (Å²) in [7, 11) is 0. The highest BCUT2D eigenvalue weighted by molar-refractivity contribution is 8.27. The first-order valence-electron chi connectivity index (χ1n) is 6.85. The number of nitro benzene ring substituents is 1. The molecule has 1 saturated heterocycles. The third-order valence-electron chi connectivity index (χ3n) is 3.36. The molecule has 0 atom stereocenters. The first-order valence-corrected chi connectivity index (χ1v) is 8.83. The normalized spacial score (nSPS) is 15.9. The Kier molecular flexibility index (Phi) is 5.10. The molecule has 5 nitrogen and oxygen atoms in total.